The van der Waals surface area contributed by atoms with Crippen LogP contribution in [0.5, 0.6) is 5.75 Å². The summed E-state index contributed by atoms with van der Waals surface area (Å²) in [5.41, 5.74) is 4.33. The number of hydrogen-bond donors (Lipinski definition) is 1. The third kappa shape index (κ3) is 4.09. The van der Waals surface area contributed by atoms with E-state index in [1.54, 1.807) is 12.1 Å². The molecule has 0 spiro atoms. The predicted octanol–water partition coefficient (Wildman–Crippen LogP) is 3.69. The fourth-order valence-corrected chi connectivity index (χ4v) is 2.18. The zero-order valence-corrected chi connectivity index (χ0v) is 12.6. The maximum Gasteiger partial charge on any atom is 0.345 e. The summed E-state index contributed by atoms with van der Waals surface area (Å²) in [6, 6.07) is 13.5. The molecule has 21 heavy (non-hydrogen) atoms. The van der Waals surface area contributed by atoms with Crippen LogP contribution in [0, 0.1) is 20.8 Å². The van der Waals surface area contributed by atoms with Crippen molar-refractivity contribution in [3.63, 3.8) is 0 Å². The van der Waals surface area contributed by atoms with Gasteiger partial charge in [-0.1, -0.05) is 41.5 Å². The number of carboxylic acid groups (broad SMARTS) is 1. The highest BCUT2D eigenvalue weighted by atomic mass is 16.5. The fraction of sp³-hybridized carbons (Fsp3) is 0.278. The minimum absolute atomic E-state index is 0.358. The molecule has 0 heterocycles. The molecular formula is C18H20O3. The average molecular weight is 284 g/mol. The molecule has 0 bridgehead atoms. The summed E-state index contributed by atoms with van der Waals surface area (Å²) in [6.45, 7) is 5.97. The molecule has 3 nitrogen and oxygen atoms in total. The third-order valence-corrected chi connectivity index (χ3v) is 3.48. The number of hydrogen-bond acceptors (Lipinski definition) is 2. The molecule has 0 aliphatic rings. The van der Waals surface area contributed by atoms with E-state index in [0.29, 0.717) is 12.2 Å². The maximum atomic E-state index is 11.4. The molecule has 2 aromatic rings. The Morgan fingerprint density at radius 2 is 1.67 bits per heavy atom. The molecule has 0 saturated carbocycles. The molecule has 110 valence electrons. The van der Waals surface area contributed by atoms with Crippen molar-refractivity contribution < 1.29 is 14.6 Å². The van der Waals surface area contributed by atoms with Crippen LogP contribution >= 0.6 is 0 Å². The first-order valence-corrected chi connectivity index (χ1v) is 6.98. The molecule has 0 fully saturated rings. The van der Waals surface area contributed by atoms with Gasteiger partial charge in [0.15, 0.2) is 6.10 Å². The molecule has 2 aromatic carbocycles. The van der Waals surface area contributed by atoms with Crippen molar-refractivity contribution in [1.82, 2.24) is 0 Å². The highest BCUT2D eigenvalue weighted by Crippen LogP contribution is 2.18. The standard InChI is InChI=1S/C18H20O3/c1-12-5-8-16(9-6-12)21-17(18(19)20)11-15-10-13(2)4-7-14(15)3/h4-10,17H,11H2,1-3H3,(H,19,20). The van der Waals surface area contributed by atoms with Gasteiger partial charge in [-0.3, -0.25) is 0 Å². The zero-order chi connectivity index (χ0) is 15.4. The first kappa shape index (κ1) is 15.1. The Bertz CT molecular complexity index is 629. The van der Waals surface area contributed by atoms with E-state index >= 15 is 0 Å². The van der Waals surface area contributed by atoms with Gasteiger partial charge in [-0.15, -0.1) is 0 Å². The second-order valence-corrected chi connectivity index (χ2v) is 5.39. The summed E-state index contributed by atoms with van der Waals surface area (Å²) in [6.07, 6.45) is -0.523. The summed E-state index contributed by atoms with van der Waals surface area (Å²) >= 11 is 0. The van der Waals surface area contributed by atoms with E-state index in [0.717, 1.165) is 22.3 Å². The van der Waals surface area contributed by atoms with Crippen LogP contribution in [0.4, 0.5) is 0 Å². The van der Waals surface area contributed by atoms with Crippen LogP contribution in [0.15, 0.2) is 42.5 Å². The minimum Gasteiger partial charge on any atom is -0.478 e. The van der Waals surface area contributed by atoms with Crippen LogP contribution in [-0.4, -0.2) is 17.2 Å². The lowest BCUT2D eigenvalue weighted by atomic mass is 10.00. The van der Waals surface area contributed by atoms with Crippen molar-refractivity contribution >= 4 is 5.97 Å². The van der Waals surface area contributed by atoms with E-state index in [9.17, 15) is 9.90 Å². The summed E-state index contributed by atoms with van der Waals surface area (Å²) in [4.78, 5) is 11.4. The quantitative estimate of drug-likeness (QED) is 0.911. The number of aliphatic carboxylic acids is 1. The van der Waals surface area contributed by atoms with Crippen molar-refractivity contribution in [2.24, 2.45) is 0 Å². The van der Waals surface area contributed by atoms with Crippen molar-refractivity contribution in [3.8, 4) is 5.75 Å². The third-order valence-electron chi connectivity index (χ3n) is 3.48. The summed E-state index contributed by atoms with van der Waals surface area (Å²) in [7, 11) is 0. The van der Waals surface area contributed by atoms with Gasteiger partial charge in [0.25, 0.3) is 0 Å². The monoisotopic (exact) mass is 284 g/mol. The molecule has 1 unspecified atom stereocenters. The molecule has 0 aliphatic heterocycles. The topological polar surface area (TPSA) is 46.5 Å². The van der Waals surface area contributed by atoms with Crippen molar-refractivity contribution in [3.05, 3.63) is 64.7 Å². The van der Waals surface area contributed by atoms with Crippen molar-refractivity contribution in [2.45, 2.75) is 33.3 Å². The fourth-order valence-electron chi connectivity index (χ4n) is 2.18. The van der Waals surface area contributed by atoms with Crippen LogP contribution in [0.2, 0.25) is 0 Å². The van der Waals surface area contributed by atoms with Gasteiger partial charge in [-0.25, -0.2) is 4.79 Å². The van der Waals surface area contributed by atoms with Crippen LogP contribution in [0.1, 0.15) is 22.3 Å². The lowest BCUT2D eigenvalue weighted by Crippen LogP contribution is -2.29. The molecule has 0 aromatic heterocycles. The van der Waals surface area contributed by atoms with E-state index in [-0.39, 0.29) is 0 Å². The van der Waals surface area contributed by atoms with E-state index in [2.05, 4.69) is 0 Å². The summed E-state index contributed by atoms with van der Waals surface area (Å²) in [5.74, 6) is -0.366. The molecule has 1 N–H and O–H groups in total. The van der Waals surface area contributed by atoms with Crippen LogP contribution in [-0.2, 0) is 11.2 Å². The van der Waals surface area contributed by atoms with Crippen LogP contribution < -0.4 is 4.74 Å². The van der Waals surface area contributed by atoms with Gasteiger partial charge >= 0.3 is 5.97 Å². The summed E-state index contributed by atoms with van der Waals surface area (Å²) < 4.78 is 5.63. The second kappa shape index (κ2) is 6.44. The molecule has 2 rings (SSSR count). The molecule has 0 radical (unpaired) electrons. The number of rotatable bonds is 5. The van der Waals surface area contributed by atoms with E-state index in [1.165, 1.54) is 0 Å². The van der Waals surface area contributed by atoms with Gasteiger partial charge < -0.3 is 9.84 Å². The second-order valence-electron chi connectivity index (χ2n) is 5.39. The smallest absolute Gasteiger partial charge is 0.345 e. The van der Waals surface area contributed by atoms with Crippen molar-refractivity contribution in [1.29, 1.82) is 0 Å². The maximum absolute atomic E-state index is 11.4. The van der Waals surface area contributed by atoms with Gasteiger partial charge in [0.1, 0.15) is 5.75 Å². The van der Waals surface area contributed by atoms with Crippen LogP contribution in [0.25, 0.3) is 0 Å². The molecule has 1 atom stereocenters. The number of carboxylic acids is 1. The van der Waals surface area contributed by atoms with Crippen LogP contribution in [0.3, 0.4) is 0 Å². The van der Waals surface area contributed by atoms with Crippen molar-refractivity contribution in [2.75, 3.05) is 0 Å². The molecule has 0 saturated heterocycles. The molecular weight excluding hydrogens is 264 g/mol. The Hall–Kier alpha value is -2.29. The average Bonchev–Trinajstić information content (AvgIpc) is 2.44. The largest absolute Gasteiger partial charge is 0.478 e. The van der Waals surface area contributed by atoms with E-state index in [1.807, 2.05) is 51.1 Å². The Morgan fingerprint density at radius 3 is 2.29 bits per heavy atom. The SMILES string of the molecule is Cc1ccc(OC(Cc2cc(C)ccc2C)C(=O)O)cc1. The Labute approximate surface area is 125 Å². The molecule has 0 aliphatic carbocycles. The first-order valence-electron chi connectivity index (χ1n) is 6.98. The number of aryl methyl sites for hydroxylation is 3. The van der Waals surface area contributed by atoms with E-state index < -0.39 is 12.1 Å². The van der Waals surface area contributed by atoms with Gasteiger partial charge in [0, 0.05) is 6.42 Å². The zero-order valence-electron chi connectivity index (χ0n) is 12.6. The Kier molecular flexibility index (Phi) is 4.63. The van der Waals surface area contributed by atoms with Gasteiger partial charge in [-0.05, 0) is 44.0 Å². The van der Waals surface area contributed by atoms with Gasteiger partial charge in [0.2, 0.25) is 0 Å². The lowest BCUT2D eigenvalue weighted by molar-refractivity contribution is -0.145. The Morgan fingerprint density at radius 1 is 1.05 bits per heavy atom. The van der Waals surface area contributed by atoms with Gasteiger partial charge in [-0.2, -0.15) is 0 Å². The predicted molar refractivity (Wildman–Crippen MR) is 82.9 cm³/mol. The Balaban J connectivity index is 2.17. The molecule has 0 amide bonds. The first-order chi connectivity index (χ1) is 9.95. The normalized spacial score (nSPS) is 12.0. The number of benzene rings is 2. The van der Waals surface area contributed by atoms with Gasteiger partial charge in [0.05, 0.1) is 0 Å². The lowest BCUT2D eigenvalue weighted by Gasteiger charge is -2.17. The number of ether oxygens (including phenoxy) is 1. The summed E-state index contributed by atoms with van der Waals surface area (Å²) in [5, 5.41) is 9.39. The van der Waals surface area contributed by atoms with E-state index in [4.69, 9.17) is 4.74 Å². The number of carbonyl (C=O) groups is 1. The minimum atomic E-state index is -0.948. The molecule has 3 heteroatoms. The highest BCUT2D eigenvalue weighted by molar-refractivity contribution is 5.73. The highest BCUT2D eigenvalue weighted by Gasteiger charge is 2.21.